The van der Waals surface area contributed by atoms with Gasteiger partial charge in [0.2, 0.25) is 0 Å². The predicted octanol–water partition coefficient (Wildman–Crippen LogP) is -1.61. The molecule has 5 unspecified atom stereocenters. The summed E-state index contributed by atoms with van der Waals surface area (Å²) >= 11 is 0. The molecule has 1 aromatic carbocycles. The Bertz CT molecular complexity index is 1630. The van der Waals surface area contributed by atoms with Gasteiger partial charge in [-0.05, 0) is 18.6 Å². The largest absolute Gasteiger partial charge is 0.756 e. The zero-order valence-corrected chi connectivity index (χ0v) is 25.6. The maximum absolute atomic E-state index is 12.6. The summed E-state index contributed by atoms with van der Waals surface area (Å²) in [6.45, 7) is -0.396. The Hall–Kier alpha value is -2.15. The topological polar surface area (TPSA) is 317 Å². The Labute approximate surface area is 246 Å². The number of H-pyrrole nitrogens is 1. The average Bonchev–Trinajstić information content (AvgIpc) is 3.19. The Morgan fingerprint density at radius 1 is 0.932 bits per heavy atom. The Morgan fingerprint density at radius 3 is 2.07 bits per heavy atom. The van der Waals surface area contributed by atoms with Crippen LogP contribution in [0.5, 0.6) is 0 Å². The highest BCUT2D eigenvalue weighted by Gasteiger charge is 2.48. The van der Waals surface area contributed by atoms with E-state index in [1.807, 2.05) is 4.98 Å². The molecule has 25 heteroatoms. The van der Waals surface area contributed by atoms with Crippen molar-refractivity contribution in [2.75, 3.05) is 13.2 Å². The molecule has 246 valence electrons. The molecule has 2 N–H and O–H groups in total. The maximum atomic E-state index is 12.6. The van der Waals surface area contributed by atoms with Crippen molar-refractivity contribution in [3.8, 4) is 0 Å². The van der Waals surface area contributed by atoms with Crippen molar-refractivity contribution in [1.29, 1.82) is 0 Å². The molecule has 44 heavy (non-hydrogen) atoms. The highest BCUT2D eigenvalue weighted by atomic mass is 31.3. The molecule has 1 aliphatic rings. The van der Waals surface area contributed by atoms with Crippen molar-refractivity contribution in [1.82, 2.24) is 9.55 Å². The summed E-state index contributed by atoms with van der Waals surface area (Å²) in [4.78, 5) is 85.5. The van der Waals surface area contributed by atoms with Gasteiger partial charge in [-0.3, -0.25) is 32.6 Å². The maximum Gasteiger partial charge on any atom is 0.338 e. The molecule has 0 aliphatic carbocycles. The van der Waals surface area contributed by atoms with E-state index in [9.17, 15) is 57.3 Å². The smallest absolute Gasteiger partial charge is 0.338 e. The second-order valence-electron chi connectivity index (χ2n) is 8.47. The zero-order valence-electron chi connectivity index (χ0n) is 22.0. The fraction of sp³-hybridized carbons (Fsp3) is 0.421. The lowest BCUT2D eigenvalue weighted by atomic mass is 10.1. The molecule has 0 amide bonds. The second kappa shape index (κ2) is 14.5. The summed E-state index contributed by atoms with van der Waals surface area (Å²) in [5.74, 6) is -1.02. The third-order valence-corrected chi connectivity index (χ3v) is 10.9. The first-order chi connectivity index (χ1) is 20.3. The van der Waals surface area contributed by atoms with Crippen molar-refractivity contribution in [2.24, 2.45) is 0 Å². The molecule has 2 aromatic rings. The molecule has 1 saturated heterocycles. The zero-order chi connectivity index (χ0) is 32.9. The van der Waals surface area contributed by atoms with Crippen LogP contribution < -0.4 is 30.8 Å². The number of aromatic nitrogens is 2. The van der Waals surface area contributed by atoms with Gasteiger partial charge in [0.05, 0.1) is 18.8 Å². The first-order valence-electron chi connectivity index (χ1n) is 11.9. The van der Waals surface area contributed by atoms with E-state index < -0.39 is 86.3 Å². The first-order valence-corrected chi connectivity index (χ1v) is 17.8. The van der Waals surface area contributed by atoms with Gasteiger partial charge in [-0.15, -0.1) is 0 Å². The number of nitrogens with one attached hydrogen (secondary N) is 1. The van der Waals surface area contributed by atoms with E-state index in [4.69, 9.17) is 9.47 Å². The van der Waals surface area contributed by atoms with Crippen molar-refractivity contribution in [3.63, 3.8) is 0 Å². The van der Waals surface area contributed by atoms with Crippen LogP contribution in [-0.2, 0) is 49.7 Å². The van der Waals surface area contributed by atoms with Crippen LogP contribution in [0.3, 0.4) is 0 Å². The number of hydrogen-bond acceptors (Lipinski definition) is 19. The third kappa shape index (κ3) is 10.5. The third-order valence-electron chi connectivity index (χ3n) is 5.14. The summed E-state index contributed by atoms with van der Waals surface area (Å²) in [5, 5.41) is 10.8. The van der Waals surface area contributed by atoms with Crippen LogP contribution in [0.4, 0.5) is 0 Å². The van der Waals surface area contributed by atoms with Gasteiger partial charge in [-0.25, -0.2) is 22.5 Å². The average molecular weight is 706 g/mol. The van der Waals surface area contributed by atoms with E-state index in [0.717, 1.165) is 12.3 Å². The van der Waals surface area contributed by atoms with Gasteiger partial charge in [0.25, 0.3) is 36.9 Å². The molecule has 3 rings (SSSR count). The number of phosphoric ester groups is 2. The number of benzene rings is 1. The van der Waals surface area contributed by atoms with E-state index in [1.165, 1.54) is 31.2 Å². The summed E-state index contributed by atoms with van der Waals surface area (Å²) < 4.78 is 77.5. The Balaban J connectivity index is 1.73. The number of rotatable bonds is 15. The van der Waals surface area contributed by atoms with Crippen LogP contribution in [0.25, 0.3) is 0 Å². The number of ether oxygens (including phenoxy) is 2. The van der Waals surface area contributed by atoms with Gasteiger partial charge in [0, 0.05) is 12.3 Å². The number of carbonyl (C=O) groups excluding carboxylic acids is 1. The minimum atomic E-state index is -6.48. The summed E-state index contributed by atoms with van der Waals surface area (Å²) in [6, 6.07) is 8.13. The van der Waals surface area contributed by atoms with Crippen molar-refractivity contribution >= 4 is 37.3 Å². The number of nitrogens with zero attached hydrogens (tertiary/aromatic N) is 1. The predicted molar refractivity (Wildman–Crippen MR) is 133 cm³/mol. The number of carbonyl (C=O) groups is 1. The lowest BCUT2D eigenvalue weighted by Crippen LogP contribution is -2.40. The van der Waals surface area contributed by atoms with Gasteiger partial charge in [0.1, 0.15) is 12.2 Å². The number of phosphoric acid groups is 4. The van der Waals surface area contributed by atoms with Crippen LogP contribution in [0.1, 0.15) is 29.9 Å². The van der Waals surface area contributed by atoms with Gasteiger partial charge in [-0.1, -0.05) is 25.1 Å². The van der Waals surface area contributed by atoms with Crippen LogP contribution in [-0.4, -0.2) is 52.2 Å². The van der Waals surface area contributed by atoms with Crippen molar-refractivity contribution in [2.45, 2.75) is 37.9 Å². The summed E-state index contributed by atoms with van der Waals surface area (Å²) in [6.07, 6.45) is -6.22. The normalized spacial score (nSPS) is 25.7. The fourth-order valence-corrected chi connectivity index (χ4v) is 8.24. The molecular formula is C19H22N2O19P4-4. The molecule has 0 bridgehead atoms. The lowest BCUT2D eigenvalue weighted by Gasteiger charge is -2.36. The molecule has 1 aliphatic heterocycles. The standard InChI is InChI=1S/C19H26N2O19P4/c1-2-10-34-41(26,27)38-43(30,31)40-44(32,33)39-42(28,29)35-11-13-15(23)16(37-18(24)12-6-4-3-5-7-12)17(36-13)21-9-8-14(22)20-19(21)25/h3-9,13,15-17,23H,2,10-11H2,1H3,(H,26,27)(H,28,29)(H,30,31)(H,32,33)(H,20,22,25)/p-4/t13-,15+,16?,17-/m1/s1. The summed E-state index contributed by atoms with van der Waals surface area (Å²) in [5.41, 5.74) is -1.91. The van der Waals surface area contributed by atoms with Crippen molar-refractivity contribution in [3.05, 3.63) is 69.0 Å². The van der Waals surface area contributed by atoms with Gasteiger partial charge < -0.3 is 43.2 Å². The molecule has 0 spiro atoms. The number of aromatic amines is 1. The molecule has 21 nitrogen and oxygen atoms in total. The van der Waals surface area contributed by atoms with E-state index in [0.29, 0.717) is 4.57 Å². The number of hydrogen-bond donors (Lipinski definition) is 2. The van der Waals surface area contributed by atoms with E-state index in [-0.39, 0.29) is 12.0 Å². The number of aliphatic hydroxyl groups is 1. The molecule has 1 aromatic heterocycles. The van der Waals surface area contributed by atoms with Crippen LogP contribution in [0.15, 0.2) is 52.2 Å². The van der Waals surface area contributed by atoms with E-state index >= 15 is 0 Å². The minimum absolute atomic E-state index is 0.000486. The van der Waals surface area contributed by atoms with Crippen molar-refractivity contribution < 1.29 is 79.2 Å². The second-order valence-corrected chi connectivity index (χ2v) is 14.5. The first kappa shape index (κ1) is 36.3. The summed E-state index contributed by atoms with van der Waals surface area (Å²) in [7, 11) is -24.6. The highest BCUT2D eigenvalue weighted by molar-refractivity contribution is 7.68. The fourth-order valence-electron chi connectivity index (χ4n) is 3.41. The SMILES string of the molecule is CCCOP(=O)([O-])OP(=O)([O-])OP(=O)([O-])OP(=O)([O-])OC[C@H]1O[C@@H](n2ccc(=O)[nH]c2=O)C(OC(=O)c2ccccc2)[C@H]1O. The Morgan fingerprint density at radius 2 is 1.50 bits per heavy atom. The van der Waals surface area contributed by atoms with Crippen LogP contribution in [0.2, 0.25) is 0 Å². The quantitative estimate of drug-likeness (QED) is 0.155. The highest BCUT2D eigenvalue weighted by Crippen LogP contribution is 2.66. The molecule has 8 atom stereocenters. The van der Waals surface area contributed by atoms with Crippen LogP contribution in [0, 0.1) is 0 Å². The molecule has 1 fully saturated rings. The van der Waals surface area contributed by atoms with Gasteiger partial charge in [0.15, 0.2) is 12.3 Å². The lowest BCUT2D eigenvalue weighted by molar-refractivity contribution is -0.254. The monoisotopic (exact) mass is 706 g/mol. The molecule has 2 heterocycles. The van der Waals surface area contributed by atoms with E-state index in [1.54, 1.807) is 6.07 Å². The molecular weight excluding hydrogens is 684 g/mol. The molecule has 0 radical (unpaired) electrons. The number of esters is 1. The van der Waals surface area contributed by atoms with Gasteiger partial charge >= 0.3 is 11.7 Å². The van der Waals surface area contributed by atoms with E-state index in [2.05, 4.69) is 22.0 Å². The molecule has 0 saturated carbocycles. The minimum Gasteiger partial charge on any atom is -0.756 e. The number of aliphatic hydroxyl groups excluding tert-OH is 1. The van der Waals surface area contributed by atoms with Gasteiger partial charge in [-0.2, -0.15) is 0 Å². The Kier molecular flexibility index (Phi) is 12.0. The van der Waals surface area contributed by atoms with Crippen LogP contribution >= 0.6 is 31.3 Å².